The van der Waals surface area contributed by atoms with Gasteiger partial charge >= 0.3 is 0 Å². The first-order chi connectivity index (χ1) is 16.8. The van der Waals surface area contributed by atoms with Crippen LogP contribution in [-0.2, 0) is 37.9 Å². The minimum Gasteiger partial charge on any atom is -0.499 e. The van der Waals surface area contributed by atoms with Crippen molar-refractivity contribution in [2.45, 2.75) is 51.1 Å². The Bertz CT molecular complexity index is 489. The molecule has 0 aromatic carbocycles. The van der Waals surface area contributed by atoms with Crippen molar-refractivity contribution in [1.29, 1.82) is 0 Å². The number of aliphatic hydroxyl groups is 2. The number of hydrogen-bond acceptors (Lipinski definition) is 10. The van der Waals surface area contributed by atoms with Crippen molar-refractivity contribution in [3.8, 4) is 0 Å². The Labute approximate surface area is 211 Å². The molecule has 3 atom stereocenters. The molecule has 35 heavy (non-hydrogen) atoms. The number of hydrogen-bond donors (Lipinski definition) is 2. The van der Waals surface area contributed by atoms with Crippen LogP contribution in [0.15, 0.2) is 25.5 Å². The highest BCUT2D eigenvalue weighted by molar-refractivity contribution is 4.68. The molecular weight excluding hydrogens is 460 g/mol. The third-order valence-corrected chi connectivity index (χ3v) is 4.49. The molecule has 0 aromatic heterocycles. The van der Waals surface area contributed by atoms with Crippen molar-refractivity contribution in [3.63, 3.8) is 0 Å². The minimum atomic E-state index is -0.691. The first kappa shape index (κ1) is 33.9. The van der Waals surface area contributed by atoms with Gasteiger partial charge in [0.1, 0.15) is 18.8 Å². The molecule has 208 valence electrons. The van der Waals surface area contributed by atoms with Gasteiger partial charge in [0.25, 0.3) is 0 Å². The van der Waals surface area contributed by atoms with E-state index in [4.69, 9.17) is 37.9 Å². The van der Waals surface area contributed by atoms with Gasteiger partial charge in [-0.05, 0) is 27.2 Å². The third kappa shape index (κ3) is 24.4. The SMILES string of the molecule is C=CCOCC(O)COCCC(C)(C)OCCOCC(C)OCCOCC(O)COCCOC=C. The molecule has 0 amide bonds. The minimum absolute atomic E-state index is 0.0833. The quantitative estimate of drug-likeness (QED) is 0.0966. The Morgan fingerprint density at radius 2 is 1.26 bits per heavy atom. The van der Waals surface area contributed by atoms with Crippen LogP contribution in [0.1, 0.15) is 27.2 Å². The smallest absolute Gasteiger partial charge is 0.111 e. The van der Waals surface area contributed by atoms with Crippen LogP contribution in [0.3, 0.4) is 0 Å². The zero-order valence-corrected chi connectivity index (χ0v) is 21.9. The molecule has 3 unspecified atom stereocenters. The Morgan fingerprint density at radius 1 is 0.714 bits per heavy atom. The average molecular weight is 509 g/mol. The lowest BCUT2D eigenvalue weighted by atomic mass is 10.1. The summed E-state index contributed by atoms with van der Waals surface area (Å²) in [5.74, 6) is 0. The molecule has 0 saturated carbocycles. The van der Waals surface area contributed by atoms with Crippen molar-refractivity contribution < 1.29 is 48.1 Å². The van der Waals surface area contributed by atoms with E-state index in [1.165, 1.54) is 6.26 Å². The summed E-state index contributed by atoms with van der Waals surface area (Å²) >= 11 is 0. The summed E-state index contributed by atoms with van der Waals surface area (Å²) in [4.78, 5) is 0. The molecule has 0 aliphatic heterocycles. The van der Waals surface area contributed by atoms with Gasteiger partial charge in [-0.25, -0.2) is 0 Å². The number of rotatable bonds is 27. The third-order valence-electron chi connectivity index (χ3n) is 4.49. The standard InChI is InChI=1S/C25H48O10/c1-6-9-29-18-23(26)19-30-10-8-25(4,5)35-16-14-31-17-22(3)34-15-13-33-21-24(27)20-32-12-11-28-7-2/h6-7,22-24,26-27H,1-2,8-21H2,3-5H3. The van der Waals surface area contributed by atoms with Crippen molar-refractivity contribution in [1.82, 2.24) is 0 Å². The van der Waals surface area contributed by atoms with Gasteiger partial charge in [0.15, 0.2) is 0 Å². The molecule has 10 nitrogen and oxygen atoms in total. The summed E-state index contributed by atoms with van der Waals surface area (Å²) < 4.78 is 43.3. The summed E-state index contributed by atoms with van der Waals surface area (Å²) in [5, 5.41) is 19.5. The molecular formula is C25H48O10. The van der Waals surface area contributed by atoms with E-state index in [1.807, 2.05) is 20.8 Å². The maximum Gasteiger partial charge on any atom is 0.111 e. The predicted molar refractivity (Wildman–Crippen MR) is 133 cm³/mol. The second-order valence-corrected chi connectivity index (χ2v) is 8.51. The van der Waals surface area contributed by atoms with Gasteiger partial charge in [-0.3, -0.25) is 0 Å². The fourth-order valence-corrected chi connectivity index (χ4v) is 2.60. The molecule has 0 spiro atoms. The summed E-state index contributed by atoms with van der Waals surface area (Å²) in [6.07, 6.45) is 2.25. The lowest BCUT2D eigenvalue weighted by molar-refractivity contribution is -0.0834. The molecule has 0 aliphatic rings. The van der Waals surface area contributed by atoms with E-state index < -0.39 is 12.2 Å². The normalized spacial score (nSPS) is 14.4. The van der Waals surface area contributed by atoms with Gasteiger partial charge in [0.2, 0.25) is 0 Å². The van der Waals surface area contributed by atoms with Crippen LogP contribution < -0.4 is 0 Å². The van der Waals surface area contributed by atoms with E-state index in [1.54, 1.807) is 6.08 Å². The van der Waals surface area contributed by atoms with Crippen molar-refractivity contribution in [2.24, 2.45) is 0 Å². The predicted octanol–water partition coefficient (Wildman–Crippen LogP) is 1.73. The fourth-order valence-electron chi connectivity index (χ4n) is 2.60. The van der Waals surface area contributed by atoms with E-state index in [-0.39, 0.29) is 38.1 Å². The van der Waals surface area contributed by atoms with Gasteiger partial charge in [-0.2, -0.15) is 0 Å². The van der Waals surface area contributed by atoms with Crippen molar-refractivity contribution in [2.75, 3.05) is 85.9 Å². The molecule has 2 N–H and O–H groups in total. The topological polar surface area (TPSA) is 114 Å². The number of aliphatic hydroxyl groups excluding tert-OH is 2. The van der Waals surface area contributed by atoms with Crippen molar-refractivity contribution >= 4 is 0 Å². The Balaban J connectivity index is 3.57. The summed E-state index contributed by atoms with van der Waals surface area (Å²) in [5.41, 5.74) is -0.359. The highest BCUT2D eigenvalue weighted by Crippen LogP contribution is 2.14. The van der Waals surface area contributed by atoms with Crippen LogP contribution in [0.2, 0.25) is 0 Å². The molecule has 0 aliphatic carbocycles. The van der Waals surface area contributed by atoms with Crippen LogP contribution in [0.4, 0.5) is 0 Å². The van der Waals surface area contributed by atoms with Gasteiger partial charge in [-0.15, -0.1) is 6.58 Å². The highest BCUT2D eigenvalue weighted by Gasteiger charge is 2.18. The van der Waals surface area contributed by atoms with Gasteiger partial charge < -0.3 is 48.1 Å². The van der Waals surface area contributed by atoms with Crippen LogP contribution in [0, 0.1) is 0 Å². The van der Waals surface area contributed by atoms with E-state index in [0.29, 0.717) is 65.9 Å². The molecule has 0 fully saturated rings. The second kappa shape index (κ2) is 23.3. The Morgan fingerprint density at radius 3 is 1.89 bits per heavy atom. The maximum absolute atomic E-state index is 9.75. The van der Waals surface area contributed by atoms with Gasteiger partial charge in [0, 0.05) is 6.61 Å². The average Bonchev–Trinajstić information content (AvgIpc) is 2.81. The van der Waals surface area contributed by atoms with Gasteiger partial charge in [0.05, 0.1) is 90.6 Å². The van der Waals surface area contributed by atoms with E-state index in [9.17, 15) is 10.2 Å². The summed E-state index contributed by atoms with van der Waals surface area (Å²) in [7, 11) is 0. The van der Waals surface area contributed by atoms with Gasteiger partial charge in [-0.1, -0.05) is 12.7 Å². The monoisotopic (exact) mass is 508 g/mol. The molecule has 0 saturated heterocycles. The van der Waals surface area contributed by atoms with Crippen LogP contribution in [0.25, 0.3) is 0 Å². The highest BCUT2D eigenvalue weighted by atomic mass is 16.6. The van der Waals surface area contributed by atoms with Crippen molar-refractivity contribution in [3.05, 3.63) is 25.5 Å². The first-order valence-electron chi connectivity index (χ1n) is 12.1. The zero-order valence-electron chi connectivity index (χ0n) is 21.9. The lowest BCUT2D eigenvalue weighted by Crippen LogP contribution is -2.30. The Kier molecular flexibility index (Phi) is 22.6. The second-order valence-electron chi connectivity index (χ2n) is 8.51. The number of ether oxygens (including phenoxy) is 8. The van der Waals surface area contributed by atoms with E-state index in [2.05, 4.69) is 13.2 Å². The van der Waals surface area contributed by atoms with Crippen LogP contribution >= 0.6 is 0 Å². The molecule has 0 bridgehead atoms. The van der Waals surface area contributed by atoms with E-state index in [0.717, 1.165) is 0 Å². The molecule has 0 radical (unpaired) electrons. The van der Waals surface area contributed by atoms with Crippen LogP contribution in [-0.4, -0.2) is 120 Å². The van der Waals surface area contributed by atoms with Crippen LogP contribution in [0.5, 0.6) is 0 Å². The molecule has 0 heterocycles. The fraction of sp³-hybridized carbons (Fsp3) is 0.840. The maximum atomic E-state index is 9.75. The largest absolute Gasteiger partial charge is 0.499 e. The Hall–Kier alpha value is -1.08. The summed E-state index contributed by atoms with van der Waals surface area (Å²) in [6.45, 7) is 17.5. The molecule has 0 rings (SSSR count). The lowest BCUT2D eigenvalue weighted by Gasteiger charge is -2.25. The molecule has 0 aromatic rings. The summed E-state index contributed by atoms with van der Waals surface area (Å²) in [6, 6.07) is 0. The molecule has 10 heteroatoms. The first-order valence-corrected chi connectivity index (χ1v) is 12.1. The zero-order chi connectivity index (χ0) is 26.2. The van der Waals surface area contributed by atoms with E-state index >= 15 is 0 Å².